The lowest BCUT2D eigenvalue weighted by Gasteiger charge is -2.31. The molecular formula is C14H16N4O3. The Morgan fingerprint density at radius 1 is 1.38 bits per heavy atom. The van der Waals surface area contributed by atoms with Crippen molar-refractivity contribution in [2.75, 3.05) is 13.1 Å². The van der Waals surface area contributed by atoms with Crippen LogP contribution in [-0.2, 0) is 0 Å². The number of carbonyl (C=O) groups is 1. The summed E-state index contributed by atoms with van der Waals surface area (Å²) in [5.74, 6) is 0.584. The number of nitrogens with zero attached hydrogens (tertiary/aromatic N) is 4. The fraction of sp³-hybridized carbons (Fsp3) is 0.429. The molecule has 0 radical (unpaired) electrons. The zero-order valence-electron chi connectivity index (χ0n) is 11.7. The van der Waals surface area contributed by atoms with E-state index in [9.17, 15) is 4.79 Å². The van der Waals surface area contributed by atoms with Gasteiger partial charge in [-0.15, -0.1) is 5.10 Å². The highest BCUT2D eigenvalue weighted by atomic mass is 16.5. The topological polar surface area (TPSA) is 81.4 Å². The molecule has 0 saturated carbocycles. The van der Waals surface area contributed by atoms with E-state index >= 15 is 0 Å². The maximum Gasteiger partial charge on any atom is 0.292 e. The van der Waals surface area contributed by atoms with Crippen LogP contribution in [0.15, 0.2) is 28.9 Å². The minimum atomic E-state index is -0.157. The van der Waals surface area contributed by atoms with Crippen LogP contribution in [0, 0.1) is 6.92 Å². The second kappa shape index (κ2) is 5.90. The van der Waals surface area contributed by atoms with Gasteiger partial charge in [0, 0.05) is 18.7 Å². The van der Waals surface area contributed by atoms with Crippen LogP contribution in [-0.4, -0.2) is 45.4 Å². The lowest BCUT2D eigenvalue weighted by atomic mass is 10.1. The van der Waals surface area contributed by atoms with Gasteiger partial charge in [0.25, 0.3) is 5.91 Å². The highest BCUT2D eigenvalue weighted by Gasteiger charge is 2.27. The van der Waals surface area contributed by atoms with Gasteiger partial charge in [0.15, 0.2) is 0 Å². The number of piperidine rings is 1. The van der Waals surface area contributed by atoms with Gasteiger partial charge in [0.2, 0.25) is 11.6 Å². The molecule has 110 valence electrons. The molecule has 0 aromatic carbocycles. The standard InChI is InChI=1S/C14H16N4O3/c1-10-4-5-13(17-16-10)20-11-3-2-8-18(9-11)14(19)12-6-7-15-21-12/h4-7,11H,2-3,8-9H2,1H3/t11-/m1/s1. The Morgan fingerprint density at radius 3 is 3.00 bits per heavy atom. The average Bonchev–Trinajstić information content (AvgIpc) is 3.03. The summed E-state index contributed by atoms with van der Waals surface area (Å²) in [6.45, 7) is 3.07. The monoisotopic (exact) mass is 288 g/mol. The molecular weight excluding hydrogens is 272 g/mol. The summed E-state index contributed by atoms with van der Waals surface area (Å²) in [7, 11) is 0. The molecule has 1 aliphatic rings. The van der Waals surface area contributed by atoms with Crippen molar-refractivity contribution in [1.82, 2.24) is 20.3 Å². The summed E-state index contributed by atoms with van der Waals surface area (Å²) < 4.78 is 10.7. The van der Waals surface area contributed by atoms with Gasteiger partial charge in [-0.3, -0.25) is 4.79 Å². The first-order valence-corrected chi connectivity index (χ1v) is 6.89. The number of aromatic nitrogens is 3. The summed E-state index contributed by atoms with van der Waals surface area (Å²) in [6, 6.07) is 5.21. The molecule has 7 heteroatoms. The van der Waals surface area contributed by atoms with Crippen molar-refractivity contribution < 1.29 is 14.1 Å². The quantitative estimate of drug-likeness (QED) is 0.850. The van der Waals surface area contributed by atoms with Gasteiger partial charge in [0.05, 0.1) is 18.4 Å². The molecule has 0 N–H and O–H groups in total. The fourth-order valence-electron chi connectivity index (χ4n) is 2.32. The predicted molar refractivity (Wildman–Crippen MR) is 72.8 cm³/mol. The first-order chi connectivity index (χ1) is 10.2. The van der Waals surface area contributed by atoms with E-state index in [1.807, 2.05) is 13.0 Å². The second-order valence-corrected chi connectivity index (χ2v) is 5.02. The lowest BCUT2D eigenvalue weighted by molar-refractivity contribution is 0.0490. The number of rotatable bonds is 3. The molecule has 0 aliphatic carbocycles. The van der Waals surface area contributed by atoms with Crippen LogP contribution < -0.4 is 4.74 Å². The SMILES string of the molecule is Cc1ccc(O[C@@H]2CCCN(C(=O)c3ccno3)C2)nn1. The van der Waals surface area contributed by atoms with Crippen molar-refractivity contribution in [3.05, 3.63) is 35.9 Å². The lowest BCUT2D eigenvalue weighted by Crippen LogP contribution is -2.44. The van der Waals surface area contributed by atoms with Crippen LogP contribution in [0.1, 0.15) is 29.1 Å². The highest BCUT2D eigenvalue weighted by Crippen LogP contribution is 2.18. The van der Waals surface area contributed by atoms with Crippen molar-refractivity contribution >= 4 is 5.91 Å². The molecule has 3 rings (SSSR count). The molecule has 2 aromatic heterocycles. The van der Waals surface area contributed by atoms with E-state index in [2.05, 4.69) is 15.4 Å². The number of aryl methyl sites for hydroxylation is 1. The molecule has 0 unspecified atom stereocenters. The van der Waals surface area contributed by atoms with Gasteiger partial charge in [0.1, 0.15) is 6.10 Å². The fourth-order valence-corrected chi connectivity index (χ4v) is 2.32. The Bertz CT molecular complexity index is 597. The normalized spacial score (nSPS) is 18.5. The summed E-state index contributed by atoms with van der Waals surface area (Å²) in [5.41, 5.74) is 0.841. The summed E-state index contributed by atoms with van der Waals surface area (Å²) >= 11 is 0. The number of carbonyl (C=O) groups excluding carboxylic acids is 1. The van der Waals surface area contributed by atoms with Crippen LogP contribution in [0.4, 0.5) is 0 Å². The van der Waals surface area contributed by atoms with Gasteiger partial charge in [-0.1, -0.05) is 5.16 Å². The number of amides is 1. The Balaban J connectivity index is 1.63. The van der Waals surface area contributed by atoms with Gasteiger partial charge in [-0.25, -0.2) is 0 Å². The number of hydrogen-bond acceptors (Lipinski definition) is 6. The highest BCUT2D eigenvalue weighted by molar-refractivity contribution is 5.91. The van der Waals surface area contributed by atoms with Gasteiger partial charge in [-0.05, 0) is 25.8 Å². The Morgan fingerprint density at radius 2 is 2.29 bits per heavy atom. The molecule has 2 aromatic rings. The Labute approximate surface area is 121 Å². The third-order valence-electron chi connectivity index (χ3n) is 3.37. The van der Waals surface area contributed by atoms with E-state index in [4.69, 9.17) is 9.26 Å². The van der Waals surface area contributed by atoms with E-state index in [1.165, 1.54) is 6.20 Å². The first kappa shape index (κ1) is 13.5. The van der Waals surface area contributed by atoms with Gasteiger partial charge >= 0.3 is 0 Å². The van der Waals surface area contributed by atoms with Crippen molar-refractivity contribution in [3.63, 3.8) is 0 Å². The largest absolute Gasteiger partial charge is 0.471 e. The van der Waals surface area contributed by atoms with Crippen molar-refractivity contribution in [3.8, 4) is 5.88 Å². The van der Waals surface area contributed by atoms with E-state index < -0.39 is 0 Å². The van der Waals surface area contributed by atoms with Crippen LogP contribution in [0.5, 0.6) is 5.88 Å². The maximum absolute atomic E-state index is 12.2. The van der Waals surface area contributed by atoms with Crippen LogP contribution in [0.3, 0.4) is 0 Å². The summed E-state index contributed by atoms with van der Waals surface area (Å²) in [4.78, 5) is 13.9. The van der Waals surface area contributed by atoms with Crippen molar-refractivity contribution in [2.45, 2.75) is 25.9 Å². The van der Waals surface area contributed by atoms with E-state index in [-0.39, 0.29) is 17.8 Å². The van der Waals surface area contributed by atoms with E-state index in [0.717, 1.165) is 18.5 Å². The number of likely N-dealkylation sites (tertiary alicyclic amines) is 1. The third-order valence-corrected chi connectivity index (χ3v) is 3.37. The molecule has 1 fully saturated rings. The van der Waals surface area contributed by atoms with Crippen LogP contribution >= 0.6 is 0 Å². The number of ether oxygens (including phenoxy) is 1. The molecule has 1 saturated heterocycles. The molecule has 1 aliphatic heterocycles. The number of hydrogen-bond donors (Lipinski definition) is 0. The zero-order valence-corrected chi connectivity index (χ0v) is 11.7. The molecule has 0 spiro atoms. The maximum atomic E-state index is 12.2. The smallest absolute Gasteiger partial charge is 0.292 e. The van der Waals surface area contributed by atoms with E-state index in [1.54, 1.807) is 17.0 Å². The summed E-state index contributed by atoms with van der Waals surface area (Å²) in [5, 5.41) is 11.5. The van der Waals surface area contributed by atoms with E-state index in [0.29, 0.717) is 19.0 Å². The van der Waals surface area contributed by atoms with Crippen molar-refractivity contribution in [1.29, 1.82) is 0 Å². The molecule has 3 heterocycles. The van der Waals surface area contributed by atoms with Gasteiger partial charge < -0.3 is 14.2 Å². The van der Waals surface area contributed by atoms with Crippen LogP contribution in [0.25, 0.3) is 0 Å². The molecule has 0 bridgehead atoms. The molecule has 7 nitrogen and oxygen atoms in total. The third kappa shape index (κ3) is 3.18. The minimum Gasteiger partial charge on any atom is -0.471 e. The Hall–Kier alpha value is -2.44. The van der Waals surface area contributed by atoms with Crippen LogP contribution in [0.2, 0.25) is 0 Å². The molecule has 21 heavy (non-hydrogen) atoms. The Kier molecular flexibility index (Phi) is 3.81. The van der Waals surface area contributed by atoms with Crippen molar-refractivity contribution in [2.24, 2.45) is 0 Å². The predicted octanol–water partition coefficient (Wildman–Crippen LogP) is 1.46. The first-order valence-electron chi connectivity index (χ1n) is 6.89. The molecule has 1 amide bonds. The molecule has 1 atom stereocenters. The second-order valence-electron chi connectivity index (χ2n) is 5.02. The van der Waals surface area contributed by atoms with Gasteiger partial charge in [-0.2, -0.15) is 5.10 Å². The average molecular weight is 288 g/mol. The summed E-state index contributed by atoms with van der Waals surface area (Å²) in [6.07, 6.45) is 3.15. The zero-order chi connectivity index (χ0) is 14.7. The minimum absolute atomic E-state index is 0.0809.